The molecule has 21 heavy (non-hydrogen) atoms. The van der Waals surface area contributed by atoms with E-state index >= 15 is 0 Å². The first-order valence-corrected chi connectivity index (χ1v) is 8.21. The molecule has 2 rings (SSSR count). The summed E-state index contributed by atoms with van der Waals surface area (Å²) in [6, 6.07) is 9.03. The highest BCUT2D eigenvalue weighted by Gasteiger charge is 2.09. The molecule has 112 valence electrons. The quantitative estimate of drug-likeness (QED) is 0.677. The summed E-state index contributed by atoms with van der Waals surface area (Å²) >= 11 is 7.02. The Labute approximate surface area is 141 Å². The molecule has 0 aliphatic heterocycles. The van der Waals surface area contributed by atoms with Gasteiger partial charge in [0.15, 0.2) is 0 Å². The summed E-state index contributed by atoms with van der Waals surface area (Å²) < 4.78 is 20.8. The number of halogens is 3. The highest BCUT2D eigenvalue weighted by molar-refractivity contribution is 9.11. The first-order valence-electron chi connectivity index (χ1n) is 6.62. The van der Waals surface area contributed by atoms with E-state index < -0.39 is 0 Å². The second kappa shape index (κ2) is 7.27. The molecule has 0 fully saturated rings. The number of nitrogens with one attached hydrogen (secondary N) is 1. The molecule has 0 radical (unpaired) electrons. The van der Waals surface area contributed by atoms with E-state index in [0.29, 0.717) is 18.7 Å². The minimum absolute atomic E-state index is 0.200. The summed E-state index contributed by atoms with van der Waals surface area (Å²) in [5.41, 5.74) is 2.50. The van der Waals surface area contributed by atoms with Crippen LogP contribution < -0.4 is 10.1 Å². The van der Waals surface area contributed by atoms with Crippen LogP contribution in [0.15, 0.2) is 39.3 Å². The molecule has 2 aromatic carbocycles. The van der Waals surface area contributed by atoms with Gasteiger partial charge in [-0.3, -0.25) is 0 Å². The number of ether oxygens (including phenoxy) is 1. The SMILES string of the molecule is CCOc1c(Br)cc(CNc2cccc(F)c2C)cc1Br. The third-order valence-corrected chi connectivity index (χ3v) is 4.28. The molecule has 0 aliphatic carbocycles. The largest absolute Gasteiger partial charge is 0.492 e. The summed E-state index contributed by atoms with van der Waals surface area (Å²) in [6.07, 6.45) is 0. The molecule has 0 saturated carbocycles. The van der Waals surface area contributed by atoms with Crippen LogP contribution in [0.2, 0.25) is 0 Å². The smallest absolute Gasteiger partial charge is 0.147 e. The number of hydrogen-bond donors (Lipinski definition) is 1. The predicted molar refractivity (Wildman–Crippen MR) is 91.5 cm³/mol. The molecule has 0 unspecified atom stereocenters. The van der Waals surface area contributed by atoms with Crippen LogP contribution in [0.3, 0.4) is 0 Å². The Balaban J connectivity index is 2.15. The minimum atomic E-state index is -0.200. The van der Waals surface area contributed by atoms with Crippen LogP contribution in [-0.2, 0) is 6.54 Å². The summed E-state index contributed by atoms with van der Waals surface area (Å²) in [5, 5.41) is 3.25. The Kier molecular flexibility index (Phi) is 5.65. The average Bonchev–Trinajstić information content (AvgIpc) is 2.44. The minimum Gasteiger partial charge on any atom is -0.492 e. The maximum atomic E-state index is 13.5. The van der Waals surface area contributed by atoms with Gasteiger partial charge >= 0.3 is 0 Å². The summed E-state index contributed by atoms with van der Waals surface area (Å²) in [4.78, 5) is 0. The zero-order chi connectivity index (χ0) is 15.4. The fraction of sp³-hybridized carbons (Fsp3) is 0.250. The van der Waals surface area contributed by atoms with Gasteiger partial charge in [0.25, 0.3) is 0 Å². The molecule has 0 saturated heterocycles. The van der Waals surface area contributed by atoms with Gasteiger partial charge in [0.1, 0.15) is 11.6 Å². The van der Waals surface area contributed by atoms with Crippen molar-refractivity contribution >= 4 is 37.5 Å². The van der Waals surface area contributed by atoms with Gasteiger partial charge in [-0.15, -0.1) is 0 Å². The van der Waals surface area contributed by atoms with Gasteiger partial charge < -0.3 is 10.1 Å². The van der Waals surface area contributed by atoms with Crippen molar-refractivity contribution in [1.82, 2.24) is 0 Å². The topological polar surface area (TPSA) is 21.3 Å². The molecule has 0 aromatic heterocycles. The van der Waals surface area contributed by atoms with Gasteiger partial charge in [-0.1, -0.05) is 6.07 Å². The van der Waals surface area contributed by atoms with Crippen molar-refractivity contribution in [2.75, 3.05) is 11.9 Å². The summed E-state index contributed by atoms with van der Waals surface area (Å²) in [6.45, 7) is 4.92. The molecule has 0 aliphatic rings. The van der Waals surface area contributed by atoms with Gasteiger partial charge in [0.2, 0.25) is 0 Å². The van der Waals surface area contributed by atoms with Crippen molar-refractivity contribution < 1.29 is 9.13 Å². The second-order valence-electron chi connectivity index (χ2n) is 4.59. The normalized spacial score (nSPS) is 10.5. The third-order valence-electron chi connectivity index (χ3n) is 3.10. The van der Waals surface area contributed by atoms with Gasteiger partial charge in [-0.05, 0) is 75.5 Å². The Morgan fingerprint density at radius 2 is 1.86 bits per heavy atom. The van der Waals surface area contributed by atoms with Crippen LogP contribution in [-0.4, -0.2) is 6.61 Å². The van der Waals surface area contributed by atoms with Crippen LogP contribution >= 0.6 is 31.9 Å². The molecule has 0 amide bonds. The van der Waals surface area contributed by atoms with Gasteiger partial charge in [0.05, 0.1) is 15.6 Å². The first-order chi connectivity index (χ1) is 10.0. The van der Waals surface area contributed by atoms with E-state index in [0.717, 1.165) is 25.9 Å². The van der Waals surface area contributed by atoms with Crippen molar-refractivity contribution in [1.29, 1.82) is 0 Å². The van der Waals surface area contributed by atoms with Crippen molar-refractivity contribution in [2.45, 2.75) is 20.4 Å². The maximum Gasteiger partial charge on any atom is 0.147 e. The van der Waals surface area contributed by atoms with Crippen LogP contribution in [0.4, 0.5) is 10.1 Å². The van der Waals surface area contributed by atoms with E-state index in [1.54, 1.807) is 13.0 Å². The lowest BCUT2D eigenvalue weighted by Gasteiger charge is -2.13. The van der Waals surface area contributed by atoms with Crippen molar-refractivity contribution in [3.05, 3.63) is 56.2 Å². The molecular formula is C16H16Br2FNO. The van der Waals surface area contributed by atoms with E-state index in [1.807, 2.05) is 25.1 Å². The molecule has 0 heterocycles. The van der Waals surface area contributed by atoms with Crippen LogP contribution in [0.5, 0.6) is 5.75 Å². The molecule has 0 bridgehead atoms. The number of benzene rings is 2. The van der Waals surface area contributed by atoms with Crippen LogP contribution in [0.25, 0.3) is 0 Å². The van der Waals surface area contributed by atoms with Crippen molar-refractivity contribution in [3.8, 4) is 5.75 Å². The zero-order valence-corrected chi connectivity index (χ0v) is 15.0. The Bertz CT molecular complexity index is 623. The highest BCUT2D eigenvalue weighted by Crippen LogP contribution is 2.35. The molecule has 1 N–H and O–H groups in total. The first kappa shape index (κ1) is 16.3. The van der Waals surface area contributed by atoms with E-state index in [2.05, 4.69) is 37.2 Å². The lowest BCUT2D eigenvalue weighted by molar-refractivity contribution is 0.336. The molecule has 2 aromatic rings. The molecule has 2 nitrogen and oxygen atoms in total. The average molecular weight is 417 g/mol. The third kappa shape index (κ3) is 3.98. The molecule has 5 heteroatoms. The molecule has 0 spiro atoms. The Hall–Kier alpha value is -1.07. The number of rotatable bonds is 5. The number of anilines is 1. The van der Waals surface area contributed by atoms with Gasteiger partial charge in [-0.25, -0.2) is 4.39 Å². The summed E-state index contributed by atoms with van der Waals surface area (Å²) in [5.74, 6) is 0.595. The van der Waals surface area contributed by atoms with Crippen LogP contribution in [0, 0.1) is 12.7 Å². The van der Waals surface area contributed by atoms with Crippen molar-refractivity contribution in [3.63, 3.8) is 0 Å². The van der Waals surface area contributed by atoms with E-state index in [4.69, 9.17) is 4.74 Å². The lowest BCUT2D eigenvalue weighted by atomic mass is 10.1. The van der Waals surface area contributed by atoms with E-state index in [-0.39, 0.29) is 5.82 Å². The fourth-order valence-electron chi connectivity index (χ4n) is 1.99. The fourth-order valence-corrected chi connectivity index (χ4v) is 3.50. The Morgan fingerprint density at radius 1 is 1.19 bits per heavy atom. The standard InChI is InChI=1S/C16H16Br2FNO/c1-3-21-16-12(17)7-11(8-13(16)18)9-20-15-6-4-5-14(19)10(15)2/h4-8,20H,3,9H2,1-2H3. The van der Waals surface area contributed by atoms with Gasteiger partial charge in [0, 0.05) is 17.8 Å². The molecular weight excluding hydrogens is 401 g/mol. The maximum absolute atomic E-state index is 13.5. The number of hydrogen-bond acceptors (Lipinski definition) is 2. The predicted octanol–water partition coefficient (Wildman–Crippen LogP) is 5.67. The zero-order valence-electron chi connectivity index (χ0n) is 11.8. The van der Waals surface area contributed by atoms with E-state index in [1.165, 1.54) is 6.07 Å². The van der Waals surface area contributed by atoms with Gasteiger partial charge in [-0.2, -0.15) is 0 Å². The monoisotopic (exact) mass is 415 g/mol. The van der Waals surface area contributed by atoms with E-state index in [9.17, 15) is 4.39 Å². The molecule has 0 atom stereocenters. The Morgan fingerprint density at radius 3 is 2.48 bits per heavy atom. The second-order valence-corrected chi connectivity index (χ2v) is 6.30. The lowest BCUT2D eigenvalue weighted by Crippen LogP contribution is -2.03. The van der Waals surface area contributed by atoms with Crippen molar-refractivity contribution in [2.24, 2.45) is 0 Å². The highest BCUT2D eigenvalue weighted by atomic mass is 79.9. The van der Waals surface area contributed by atoms with Crippen LogP contribution in [0.1, 0.15) is 18.1 Å². The summed E-state index contributed by atoms with van der Waals surface area (Å²) in [7, 11) is 0.